The molecule has 0 aliphatic carbocycles. The Morgan fingerprint density at radius 3 is 2.31 bits per heavy atom. The van der Waals surface area contributed by atoms with E-state index in [1.807, 2.05) is 69.6 Å². The molecule has 1 unspecified atom stereocenters. The van der Waals surface area contributed by atoms with Crippen LogP contribution < -0.4 is 5.32 Å². The lowest BCUT2D eigenvalue weighted by Gasteiger charge is -2.25. The number of nitrogens with zero attached hydrogens (tertiary/aromatic N) is 3. The van der Waals surface area contributed by atoms with Crippen LogP contribution in [-0.4, -0.2) is 41.2 Å². The molecule has 0 aliphatic rings. The second-order valence-electron chi connectivity index (χ2n) is 6.49. The number of nitrogens with one attached hydrogen (secondary N) is 1. The maximum Gasteiger partial charge on any atom is 0.254 e. The van der Waals surface area contributed by atoms with Crippen LogP contribution >= 0.6 is 0 Å². The Morgan fingerprint density at radius 2 is 1.69 bits per heavy atom. The van der Waals surface area contributed by atoms with Crippen LogP contribution in [0, 0.1) is 6.92 Å². The second kappa shape index (κ2) is 7.97. The van der Waals surface area contributed by atoms with Crippen LogP contribution in [0.4, 0.5) is 0 Å². The summed E-state index contributed by atoms with van der Waals surface area (Å²) in [6.07, 6.45) is 1.63. The van der Waals surface area contributed by atoms with Gasteiger partial charge in [0.15, 0.2) is 0 Å². The zero-order valence-electron chi connectivity index (χ0n) is 15.4. The molecule has 2 aromatic carbocycles. The first-order chi connectivity index (χ1) is 12.6. The third-order valence-corrected chi connectivity index (χ3v) is 4.52. The molecule has 1 amide bonds. The quantitative estimate of drug-likeness (QED) is 0.744. The van der Waals surface area contributed by atoms with Crippen LogP contribution in [0.15, 0.2) is 66.9 Å². The largest absolute Gasteiger partial charge is 0.350 e. The Kier molecular flexibility index (Phi) is 5.49. The molecule has 1 atom stereocenters. The maximum atomic E-state index is 12.7. The molecule has 3 rings (SSSR count). The Hall–Kier alpha value is -2.92. The van der Waals surface area contributed by atoms with Crippen molar-refractivity contribution in [3.05, 3.63) is 83.7 Å². The molecule has 0 fully saturated rings. The van der Waals surface area contributed by atoms with Crippen LogP contribution in [0.2, 0.25) is 0 Å². The normalized spacial score (nSPS) is 12.2. The van der Waals surface area contributed by atoms with Gasteiger partial charge >= 0.3 is 0 Å². The van der Waals surface area contributed by atoms with Crippen molar-refractivity contribution >= 4 is 5.91 Å². The van der Waals surface area contributed by atoms with Crippen molar-refractivity contribution in [3.8, 4) is 5.69 Å². The topological polar surface area (TPSA) is 50.2 Å². The standard InChI is InChI=1S/C21H24N4O/c1-16-19(14-23-25(16)18-12-8-5-9-13-18)21(26)22-15-20(24(2)3)17-10-6-4-7-11-17/h4-14,20H,15H2,1-3H3,(H,22,26). The number of carbonyl (C=O) groups excluding carboxylic acids is 1. The fourth-order valence-electron chi connectivity index (χ4n) is 3.02. The first kappa shape index (κ1) is 17.9. The van der Waals surface area contributed by atoms with E-state index in [2.05, 4.69) is 27.4 Å². The number of aromatic nitrogens is 2. The molecule has 1 N–H and O–H groups in total. The summed E-state index contributed by atoms with van der Waals surface area (Å²) in [7, 11) is 4.03. The number of likely N-dealkylation sites (N-methyl/N-ethyl adjacent to an activating group) is 1. The second-order valence-corrected chi connectivity index (χ2v) is 6.49. The molecular weight excluding hydrogens is 324 g/mol. The number of rotatable bonds is 6. The van der Waals surface area contributed by atoms with E-state index in [0.717, 1.165) is 11.4 Å². The summed E-state index contributed by atoms with van der Waals surface area (Å²) in [5, 5.41) is 7.42. The van der Waals surface area contributed by atoms with Gasteiger partial charge in [0.25, 0.3) is 5.91 Å². The minimum atomic E-state index is -0.104. The highest BCUT2D eigenvalue weighted by Crippen LogP contribution is 2.18. The molecule has 0 bridgehead atoms. The summed E-state index contributed by atoms with van der Waals surface area (Å²) in [6.45, 7) is 2.45. The van der Waals surface area contributed by atoms with Gasteiger partial charge in [-0.05, 0) is 38.7 Å². The third kappa shape index (κ3) is 3.83. The Labute approximate surface area is 154 Å². The van der Waals surface area contributed by atoms with E-state index in [4.69, 9.17) is 0 Å². The molecule has 26 heavy (non-hydrogen) atoms. The highest BCUT2D eigenvalue weighted by Gasteiger charge is 2.18. The lowest BCUT2D eigenvalue weighted by Crippen LogP contribution is -2.34. The molecule has 5 nitrogen and oxygen atoms in total. The van der Waals surface area contributed by atoms with Crippen molar-refractivity contribution in [2.45, 2.75) is 13.0 Å². The fourth-order valence-corrected chi connectivity index (χ4v) is 3.02. The minimum absolute atomic E-state index is 0.104. The lowest BCUT2D eigenvalue weighted by molar-refractivity contribution is 0.0941. The summed E-state index contributed by atoms with van der Waals surface area (Å²) < 4.78 is 1.79. The van der Waals surface area contributed by atoms with Gasteiger partial charge in [-0.25, -0.2) is 4.68 Å². The summed E-state index contributed by atoms with van der Waals surface area (Å²) in [5.74, 6) is -0.104. The maximum absolute atomic E-state index is 12.7. The number of carbonyl (C=O) groups is 1. The molecule has 0 radical (unpaired) electrons. The van der Waals surface area contributed by atoms with Crippen molar-refractivity contribution < 1.29 is 4.79 Å². The smallest absolute Gasteiger partial charge is 0.254 e. The van der Waals surface area contributed by atoms with Gasteiger partial charge in [0.2, 0.25) is 0 Å². The van der Waals surface area contributed by atoms with E-state index in [1.165, 1.54) is 5.56 Å². The molecule has 0 saturated heterocycles. The number of para-hydroxylation sites is 1. The summed E-state index contributed by atoms with van der Waals surface area (Å²) >= 11 is 0. The van der Waals surface area contributed by atoms with Crippen LogP contribution in [0.1, 0.15) is 27.7 Å². The van der Waals surface area contributed by atoms with E-state index >= 15 is 0 Å². The molecule has 0 saturated carbocycles. The van der Waals surface area contributed by atoms with Crippen LogP contribution in [-0.2, 0) is 0 Å². The fraction of sp³-hybridized carbons (Fsp3) is 0.238. The average molecular weight is 348 g/mol. The van der Waals surface area contributed by atoms with Crippen LogP contribution in [0.25, 0.3) is 5.69 Å². The van der Waals surface area contributed by atoms with Gasteiger partial charge in [-0.2, -0.15) is 5.10 Å². The van der Waals surface area contributed by atoms with Gasteiger partial charge in [-0.1, -0.05) is 48.5 Å². The molecule has 5 heteroatoms. The monoisotopic (exact) mass is 348 g/mol. The van der Waals surface area contributed by atoms with Crippen molar-refractivity contribution in [2.24, 2.45) is 0 Å². The molecule has 1 aromatic heterocycles. The first-order valence-electron chi connectivity index (χ1n) is 8.67. The summed E-state index contributed by atoms with van der Waals surface area (Å²) in [4.78, 5) is 14.8. The molecule has 0 spiro atoms. The third-order valence-electron chi connectivity index (χ3n) is 4.52. The van der Waals surface area contributed by atoms with E-state index in [1.54, 1.807) is 10.9 Å². The summed E-state index contributed by atoms with van der Waals surface area (Å²) in [6, 6.07) is 20.1. The highest BCUT2D eigenvalue weighted by atomic mass is 16.1. The van der Waals surface area contributed by atoms with Crippen LogP contribution in [0.3, 0.4) is 0 Å². The van der Waals surface area contributed by atoms with Crippen molar-refractivity contribution in [3.63, 3.8) is 0 Å². The van der Waals surface area contributed by atoms with Gasteiger partial charge in [0, 0.05) is 6.54 Å². The number of hydrogen-bond donors (Lipinski definition) is 1. The zero-order chi connectivity index (χ0) is 18.5. The van der Waals surface area contributed by atoms with Crippen molar-refractivity contribution in [2.75, 3.05) is 20.6 Å². The number of hydrogen-bond acceptors (Lipinski definition) is 3. The van der Waals surface area contributed by atoms with Crippen molar-refractivity contribution in [1.82, 2.24) is 20.0 Å². The SMILES string of the molecule is Cc1c(C(=O)NCC(c2ccccc2)N(C)C)cnn1-c1ccccc1. The number of amides is 1. The van der Waals surface area contributed by atoms with Gasteiger partial charge < -0.3 is 10.2 Å². The Morgan fingerprint density at radius 1 is 1.08 bits per heavy atom. The Balaban J connectivity index is 1.73. The van der Waals surface area contributed by atoms with Gasteiger partial charge in [-0.3, -0.25) is 4.79 Å². The lowest BCUT2D eigenvalue weighted by atomic mass is 10.1. The average Bonchev–Trinajstić information content (AvgIpc) is 3.04. The van der Waals surface area contributed by atoms with Crippen molar-refractivity contribution in [1.29, 1.82) is 0 Å². The Bertz CT molecular complexity index is 856. The number of benzene rings is 2. The zero-order valence-corrected chi connectivity index (χ0v) is 15.4. The molecule has 1 heterocycles. The molecule has 134 valence electrons. The predicted molar refractivity (Wildman–Crippen MR) is 104 cm³/mol. The molecule has 0 aliphatic heterocycles. The van der Waals surface area contributed by atoms with Gasteiger partial charge in [0.05, 0.1) is 29.2 Å². The predicted octanol–water partition coefficient (Wildman–Crippen LogP) is 3.21. The molecule has 3 aromatic rings. The first-order valence-corrected chi connectivity index (χ1v) is 8.67. The summed E-state index contributed by atoms with van der Waals surface area (Å²) in [5.41, 5.74) is 3.54. The van der Waals surface area contributed by atoms with E-state index < -0.39 is 0 Å². The highest BCUT2D eigenvalue weighted by molar-refractivity contribution is 5.95. The van der Waals surface area contributed by atoms with E-state index in [0.29, 0.717) is 12.1 Å². The molecular formula is C21H24N4O. The van der Waals surface area contributed by atoms with E-state index in [-0.39, 0.29) is 11.9 Å². The van der Waals surface area contributed by atoms with E-state index in [9.17, 15) is 4.79 Å². The van der Waals surface area contributed by atoms with Gasteiger partial charge in [0.1, 0.15) is 0 Å². The minimum Gasteiger partial charge on any atom is -0.350 e. The van der Waals surface area contributed by atoms with Crippen LogP contribution in [0.5, 0.6) is 0 Å². The van der Waals surface area contributed by atoms with Gasteiger partial charge in [-0.15, -0.1) is 0 Å².